The number of aromatic amines is 2. The van der Waals surface area contributed by atoms with Crippen molar-refractivity contribution in [2.45, 2.75) is 0 Å². The molecule has 3 aromatic rings. The van der Waals surface area contributed by atoms with Gasteiger partial charge in [-0.05, 0) is 46.3 Å². The third-order valence-electron chi connectivity index (χ3n) is 3.02. The van der Waals surface area contributed by atoms with Gasteiger partial charge in [-0.3, -0.25) is 4.79 Å². The summed E-state index contributed by atoms with van der Waals surface area (Å²) in [5.41, 5.74) is 0.923. The van der Waals surface area contributed by atoms with Crippen LogP contribution in [-0.4, -0.2) is 15.8 Å². The molecule has 0 aliphatic carbocycles. The minimum Gasteiger partial charge on any atom is -0.306 e. The second-order valence-corrected chi connectivity index (χ2v) is 6.18. The molecule has 0 aliphatic rings. The van der Waals surface area contributed by atoms with Crippen LogP contribution in [0.5, 0.6) is 0 Å². The zero-order chi connectivity index (χ0) is 15.1. The Hall–Kier alpha value is -1.73. The van der Waals surface area contributed by atoms with E-state index in [-0.39, 0.29) is 16.8 Å². The fraction of sp³-hybridized carbons (Fsp3) is 0. The molecule has 3 rings (SSSR count). The minimum atomic E-state index is -0.599. The van der Waals surface area contributed by atoms with E-state index in [1.165, 1.54) is 24.3 Å². The topological polar surface area (TPSA) is 65.7 Å². The lowest BCUT2D eigenvalue weighted by Crippen LogP contribution is -2.05. The molecule has 0 fully saturated rings. The van der Waals surface area contributed by atoms with E-state index >= 15 is 0 Å². The van der Waals surface area contributed by atoms with Crippen molar-refractivity contribution in [3.05, 3.63) is 66.7 Å². The quantitative estimate of drug-likeness (QED) is 0.628. The molecule has 0 saturated carbocycles. The number of carbonyl (C=O) groups is 1. The lowest BCUT2D eigenvalue weighted by molar-refractivity contribution is 0.103. The molecule has 0 bridgehead atoms. The molecular weight excluding hydrogens is 407 g/mol. The molecule has 0 radical (unpaired) electrons. The number of hydrogen-bond donors (Lipinski definition) is 2. The Morgan fingerprint density at radius 2 is 1.67 bits per heavy atom. The van der Waals surface area contributed by atoms with Crippen LogP contribution in [0.3, 0.4) is 0 Å². The zero-order valence-corrected chi connectivity index (χ0v) is 13.5. The van der Waals surface area contributed by atoms with Crippen molar-refractivity contribution in [1.82, 2.24) is 9.97 Å². The molecular formula is C14H7Br2FN2O2. The Bertz CT molecular complexity index is 930. The maximum absolute atomic E-state index is 13.8. The number of ketones is 1. The summed E-state index contributed by atoms with van der Waals surface area (Å²) in [5.74, 6) is -1.07. The first-order valence-corrected chi connectivity index (χ1v) is 7.45. The van der Waals surface area contributed by atoms with Crippen LogP contribution < -0.4 is 5.69 Å². The number of hydrogen-bond acceptors (Lipinski definition) is 2. The predicted octanol–water partition coefficient (Wildman–Crippen LogP) is 3.75. The van der Waals surface area contributed by atoms with Crippen LogP contribution in [-0.2, 0) is 0 Å². The maximum Gasteiger partial charge on any atom is 0.323 e. The van der Waals surface area contributed by atoms with Gasteiger partial charge in [0.25, 0.3) is 0 Å². The van der Waals surface area contributed by atoms with E-state index < -0.39 is 11.6 Å². The van der Waals surface area contributed by atoms with Crippen LogP contribution in [0.2, 0.25) is 0 Å². The lowest BCUT2D eigenvalue weighted by Gasteiger charge is -2.06. The highest BCUT2D eigenvalue weighted by Crippen LogP contribution is 2.26. The van der Waals surface area contributed by atoms with Crippen LogP contribution in [0.25, 0.3) is 11.0 Å². The molecule has 2 N–H and O–H groups in total. The molecule has 0 unspecified atom stereocenters. The number of carbonyl (C=O) groups excluding carboxylic acids is 1. The third kappa shape index (κ3) is 2.58. The molecule has 21 heavy (non-hydrogen) atoms. The number of aromatic nitrogens is 2. The van der Waals surface area contributed by atoms with E-state index in [1.54, 1.807) is 6.07 Å². The fourth-order valence-corrected chi connectivity index (χ4v) is 2.93. The second kappa shape index (κ2) is 5.23. The average molecular weight is 414 g/mol. The van der Waals surface area contributed by atoms with Gasteiger partial charge in [-0.15, -0.1) is 0 Å². The Morgan fingerprint density at radius 1 is 1.00 bits per heavy atom. The van der Waals surface area contributed by atoms with Crippen molar-refractivity contribution in [3.63, 3.8) is 0 Å². The first-order valence-electron chi connectivity index (χ1n) is 5.87. The van der Waals surface area contributed by atoms with Gasteiger partial charge in [-0.2, -0.15) is 0 Å². The summed E-state index contributed by atoms with van der Waals surface area (Å²) in [6, 6.07) is 7.29. The van der Waals surface area contributed by atoms with Crippen molar-refractivity contribution < 1.29 is 9.18 Å². The number of nitrogens with one attached hydrogen (secondary N) is 2. The molecule has 0 spiro atoms. The summed E-state index contributed by atoms with van der Waals surface area (Å²) >= 11 is 6.49. The maximum atomic E-state index is 13.8. The molecule has 4 nitrogen and oxygen atoms in total. The molecule has 0 atom stereocenters. The summed E-state index contributed by atoms with van der Waals surface area (Å²) < 4.78 is 14.9. The molecule has 0 aliphatic heterocycles. The number of fused-ring (bicyclic) bond motifs is 1. The smallest absolute Gasteiger partial charge is 0.306 e. The highest BCUT2D eigenvalue weighted by molar-refractivity contribution is 9.10. The fourth-order valence-electron chi connectivity index (χ4n) is 2.05. The van der Waals surface area contributed by atoms with E-state index in [0.717, 1.165) is 0 Å². The Labute approximate surface area is 134 Å². The first-order chi connectivity index (χ1) is 9.95. The Kier molecular flexibility index (Phi) is 3.54. The molecule has 2 aromatic carbocycles. The molecule has 0 amide bonds. The monoisotopic (exact) mass is 412 g/mol. The summed E-state index contributed by atoms with van der Waals surface area (Å²) in [7, 11) is 0. The van der Waals surface area contributed by atoms with Gasteiger partial charge in [-0.1, -0.05) is 15.9 Å². The van der Waals surface area contributed by atoms with Crippen molar-refractivity contribution in [2.75, 3.05) is 0 Å². The summed E-state index contributed by atoms with van der Waals surface area (Å²) in [6.07, 6.45) is 0. The van der Waals surface area contributed by atoms with Crippen LogP contribution in [0.15, 0.2) is 44.1 Å². The molecule has 7 heteroatoms. The third-order valence-corrected chi connectivity index (χ3v) is 4.17. The van der Waals surface area contributed by atoms with Crippen molar-refractivity contribution >= 4 is 48.7 Å². The number of H-pyrrole nitrogens is 2. The highest BCUT2D eigenvalue weighted by atomic mass is 79.9. The lowest BCUT2D eigenvalue weighted by atomic mass is 10.0. The van der Waals surface area contributed by atoms with Crippen LogP contribution in [0, 0.1) is 5.82 Å². The van der Waals surface area contributed by atoms with Crippen molar-refractivity contribution in [3.8, 4) is 0 Å². The zero-order valence-electron chi connectivity index (χ0n) is 10.3. The van der Waals surface area contributed by atoms with E-state index in [1.807, 2.05) is 0 Å². The van der Waals surface area contributed by atoms with Gasteiger partial charge < -0.3 is 9.97 Å². The highest BCUT2D eigenvalue weighted by Gasteiger charge is 2.18. The van der Waals surface area contributed by atoms with Crippen LogP contribution >= 0.6 is 31.9 Å². The van der Waals surface area contributed by atoms with E-state index in [4.69, 9.17) is 0 Å². The molecule has 1 heterocycles. The number of halogens is 3. The summed E-state index contributed by atoms with van der Waals surface area (Å²) in [4.78, 5) is 28.9. The van der Waals surface area contributed by atoms with E-state index in [2.05, 4.69) is 41.8 Å². The predicted molar refractivity (Wildman–Crippen MR) is 84.2 cm³/mol. The SMILES string of the molecule is O=C(c1cc(Br)ccc1F)c1cc2[nH]c(=O)[nH]c2cc1Br. The Morgan fingerprint density at radius 3 is 2.38 bits per heavy atom. The van der Waals surface area contributed by atoms with Gasteiger partial charge in [0.15, 0.2) is 5.78 Å². The van der Waals surface area contributed by atoms with Gasteiger partial charge in [0.05, 0.1) is 16.6 Å². The number of imidazole rings is 1. The van der Waals surface area contributed by atoms with Gasteiger partial charge in [0.2, 0.25) is 0 Å². The Balaban J connectivity index is 2.19. The largest absolute Gasteiger partial charge is 0.323 e. The molecule has 0 saturated heterocycles. The minimum absolute atomic E-state index is 0.0395. The summed E-state index contributed by atoms with van der Waals surface area (Å²) in [6.45, 7) is 0. The van der Waals surface area contributed by atoms with Gasteiger partial charge >= 0.3 is 5.69 Å². The number of rotatable bonds is 2. The van der Waals surface area contributed by atoms with Gasteiger partial charge in [-0.25, -0.2) is 9.18 Å². The normalized spacial score (nSPS) is 11.0. The average Bonchev–Trinajstić information content (AvgIpc) is 2.79. The molecule has 1 aromatic heterocycles. The first kappa shape index (κ1) is 14.2. The summed E-state index contributed by atoms with van der Waals surface area (Å²) in [5, 5.41) is 0. The number of benzene rings is 2. The second-order valence-electron chi connectivity index (χ2n) is 4.41. The standard InChI is InChI=1S/C14H7Br2FN2O2/c15-6-1-2-10(17)8(3-6)13(20)7-4-11-12(5-9(7)16)19-14(21)18-11/h1-5H,(H2,18,19,21). The molecule has 106 valence electrons. The van der Waals surface area contributed by atoms with Crippen LogP contribution in [0.4, 0.5) is 4.39 Å². The van der Waals surface area contributed by atoms with E-state index in [0.29, 0.717) is 20.0 Å². The van der Waals surface area contributed by atoms with Crippen molar-refractivity contribution in [2.24, 2.45) is 0 Å². The van der Waals surface area contributed by atoms with Crippen LogP contribution in [0.1, 0.15) is 15.9 Å². The van der Waals surface area contributed by atoms with E-state index in [9.17, 15) is 14.0 Å². The van der Waals surface area contributed by atoms with Gasteiger partial charge in [0, 0.05) is 14.5 Å². The van der Waals surface area contributed by atoms with Crippen molar-refractivity contribution in [1.29, 1.82) is 0 Å². The van der Waals surface area contributed by atoms with Gasteiger partial charge in [0.1, 0.15) is 5.82 Å².